The minimum Gasteiger partial charge on any atom is -0.348 e. The van der Waals surface area contributed by atoms with Crippen LogP contribution in [0.15, 0.2) is 47.9 Å². The van der Waals surface area contributed by atoms with Crippen molar-refractivity contribution in [2.45, 2.75) is 38.4 Å². The van der Waals surface area contributed by atoms with E-state index in [-0.39, 0.29) is 11.9 Å². The number of carbonyl (C=O) groups is 1. The fraction of sp³-hybridized carbons (Fsp3) is 0.389. The Kier molecular flexibility index (Phi) is 6.59. The van der Waals surface area contributed by atoms with E-state index < -0.39 is 0 Å². The molecule has 0 fully saturated rings. The fourth-order valence-electron chi connectivity index (χ4n) is 2.30. The number of nitrogens with one attached hydrogen (secondary N) is 1. The third-order valence-corrected chi connectivity index (χ3v) is 4.48. The highest BCUT2D eigenvalue weighted by Gasteiger charge is 2.18. The molecule has 0 saturated heterocycles. The van der Waals surface area contributed by atoms with Crippen molar-refractivity contribution in [1.29, 1.82) is 0 Å². The van der Waals surface area contributed by atoms with Gasteiger partial charge in [-0.05, 0) is 29.5 Å². The number of aryl methyl sites for hydroxylation is 1. The lowest BCUT2D eigenvalue weighted by molar-refractivity contribution is -0.119. The summed E-state index contributed by atoms with van der Waals surface area (Å²) in [5.41, 5.74) is 2.45. The molecule has 0 bridgehead atoms. The first kappa shape index (κ1) is 17.5. The van der Waals surface area contributed by atoms with Gasteiger partial charge in [-0.15, -0.1) is 0 Å². The zero-order valence-corrected chi connectivity index (χ0v) is 14.6. The van der Waals surface area contributed by atoms with Crippen molar-refractivity contribution in [1.82, 2.24) is 15.3 Å². The topological polar surface area (TPSA) is 54.9 Å². The number of rotatable bonds is 7. The van der Waals surface area contributed by atoms with Gasteiger partial charge < -0.3 is 5.32 Å². The van der Waals surface area contributed by atoms with E-state index in [1.165, 1.54) is 17.3 Å². The first-order chi connectivity index (χ1) is 11.1. The highest BCUT2D eigenvalue weighted by molar-refractivity contribution is 7.99. The molecule has 0 aliphatic carbocycles. The molecule has 23 heavy (non-hydrogen) atoms. The van der Waals surface area contributed by atoms with Crippen molar-refractivity contribution in [2.24, 2.45) is 5.92 Å². The van der Waals surface area contributed by atoms with E-state index in [9.17, 15) is 4.79 Å². The van der Waals surface area contributed by atoms with Crippen molar-refractivity contribution in [3.63, 3.8) is 0 Å². The van der Waals surface area contributed by atoms with Gasteiger partial charge in [0.15, 0.2) is 5.16 Å². The molecule has 0 saturated carbocycles. The van der Waals surface area contributed by atoms with Crippen LogP contribution in [-0.2, 0) is 11.2 Å². The van der Waals surface area contributed by atoms with Gasteiger partial charge in [0, 0.05) is 12.4 Å². The third-order valence-electron chi connectivity index (χ3n) is 3.60. The van der Waals surface area contributed by atoms with Crippen LogP contribution in [0, 0.1) is 5.92 Å². The minimum atomic E-state index is 0.000668. The lowest BCUT2D eigenvalue weighted by Crippen LogP contribution is -2.33. The number of carbonyl (C=O) groups excluding carboxylic acids is 1. The highest BCUT2D eigenvalue weighted by Crippen LogP contribution is 2.22. The minimum absolute atomic E-state index is 0.000668. The Bertz CT molecular complexity index is 614. The van der Waals surface area contributed by atoms with Crippen molar-refractivity contribution in [3.8, 4) is 0 Å². The summed E-state index contributed by atoms with van der Waals surface area (Å²) < 4.78 is 0. The number of thioether (sulfide) groups is 1. The van der Waals surface area contributed by atoms with Gasteiger partial charge in [-0.3, -0.25) is 4.79 Å². The average molecular weight is 329 g/mol. The molecule has 0 aliphatic rings. The highest BCUT2D eigenvalue weighted by atomic mass is 32.2. The average Bonchev–Trinajstić information content (AvgIpc) is 2.58. The van der Waals surface area contributed by atoms with E-state index in [1.54, 1.807) is 18.5 Å². The Balaban J connectivity index is 1.96. The van der Waals surface area contributed by atoms with Gasteiger partial charge in [0.2, 0.25) is 5.91 Å². The maximum absolute atomic E-state index is 12.2. The van der Waals surface area contributed by atoms with Crippen LogP contribution in [0.1, 0.15) is 37.9 Å². The molecule has 4 nitrogen and oxygen atoms in total. The second kappa shape index (κ2) is 8.67. The van der Waals surface area contributed by atoms with Gasteiger partial charge >= 0.3 is 0 Å². The van der Waals surface area contributed by atoms with Crippen molar-refractivity contribution < 1.29 is 4.79 Å². The maximum atomic E-state index is 12.2. The van der Waals surface area contributed by atoms with Crippen LogP contribution >= 0.6 is 11.8 Å². The zero-order valence-electron chi connectivity index (χ0n) is 13.8. The Labute approximate surface area is 142 Å². The Morgan fingerprint density at radius 2 is 1.83 bits per heavy atom. The van der Waals surface area contributed by atoms with Gasteiger partial charge in [-0.25, -0.2) is 9.97 Å². The lowest BCUT2D eigenvalue weighted by atomic mass is 9.95. The molecule has 1 aromatic heterocycles. The monoisotopic (exact) mass is 329 g/mol. The van der Waals surface area contributed by atoms with Crippen LogP contribution in [0.4, 0.5) is 0 Å². The summed E-state index contributed by atoms with van der Waals surface area (Å²) in [4.78, 5) is 20.5. The SMILES string of the molecule is CCc1ccc([C@@H](NC(=O)CSc2ncccn2)C(C)C)cc1. The molecule has 1 N–H and O–H groups in total. The Morgan fingerprint density at radius 1 is 1.17 bits per heavy atom. The third kappa shape index (κ3) is 5.36. The quantitative estimate of drug-likeness (QED) is 0.622. The molecule has 1 heterocycles. The Morgan fingerprint density at radius 3 is 2.39 bits per heavy atom. The second-order valence-electron chi connectivity index (χ2n) is 5.70. The molecule has 5 heteroatoms. The Hall–Kier alpha value is -1.88. The first-order valence-electron chi connectivity index (χ1n) is 7.88. The molecular formula is C18H23N3OS. The molecule has 2 aromatic rings. The normalized spacial score (nSPS) is 12.2. The predicted molar refractivity (Wildman–Crippen MR) is 94.3 cm³/mol. The number of amides is 1. The summed E-state index contributed by atoms with van der Waals surface area (Å²) in [6.45, 7) is 6.37. The first-order valence-corrected chi connectivity index (χ1v) is 8.86. The smallest absolute Gasteiger partial charge is 0.230 e. The summed E-state index contributed by atoms with van der Waals surface area (Å²) in [7, 11) is 0. The van der Waals surface area contributed by atoms with Crippen LogP contribution in [0.3, 0.4) is 0 Å². The molecule has 2 rings (SSSR count). The van der Waals surface area contributed by atoms with Crippen LogP contribution in [0.2, 0.25) is 0 Å². The van der Waals surface area contributed by atoms with Crippen LogP contribution < -0.4 is 5.32 Å². The number of hydrogen-bond donors (Lipinski definition) is 1. The van der Waals surface area contributed by atoms with Crippen LogP contribution in [0.25, 0.3) is 0 Å². The van der Waals surface area contributed by atoms with Crippen molar-refractivity contribution in [2.75, 3.05) is 5.75 Å². The molecule has 0 unspecified atom stereocenters. The van der Waals surface area contributed by atoms with Crippen molar-refractivity contribution >= 4 is 17.7 Å². The number of hydrogen-bond acceptors (Lipinski definition) is 4. The number of nitrogens with zero attached hydrogens (tertiary/aromatic N) is 2. The molecule has 0 radical (unpaired) electrons. The van der Waals surface area contributed by atoms with E-state index in [4.69, 9.17) is 0 Å². The van der Waals surface area contributed by atoms with E-state index in [2.05, 4.69) is 60.3 Å². The molecular weight excluding hydrogens is 306 g/mol. The maximum Gasteiger partial charge on any atom is 0.230 e. The van der Waals surface area contributed by atoms with Gasteiger partial charge in [-0.2, -0.15) is 0 Å². The standard InChI is InChI=1S/C18H23N3OS/c1-4-14-6-8-15(9-7-14)17(13(2)3)21-16(22)12-23-18-19-10-5-11-20-18/h5-11,13,17H,4,12H2,1-3H3,(H,21,22)/t17-/m0/s1. The van der Waals surface area contributed by atoms with Crippen LogP contribution in [0.5, 0.6) is 0 Å². The van der Waals surface area contributed by atoms with E-state index in [0.29, 0.717) is 16.8 Å². The van der Waals surface area contributed by atoms with E-state index in [0.717, 1.165) is 12.0 Å². The van der Waals surface area contributed by atoms with E-state index >= 15 is 0 Å². The summed E-state index contributed by atoms with van der Waals surface area (Å²) in [5, 5.41) is 3.75. The molecule has 122 valence electrons. The number of benzene rings is 1. The number of aromatic nitrogens is 2. The molecule has 1 aromatic carbocycles. The van der Waals surface area contributed by atoms with Gasteiger partial charge in [-0.1, -0.05) is 56.8 Å². The molecule has 0 spiro atoms. The van der Waals surface area contributed by atoms with Crippen molar-refractivity contribution in [3.05, 3.63) is 53.9 Å². The summed E-state index contributed by atoms with van der Waals surface area (Å²) >= 11 is 1.35. The second-order valence-corrected chi connectivity index (χ2v) is 6.65. The van der Waals surface area contributed by atoms with E-state index in [1.807, 2.05) is 0 Å². The summed E-state index contributed by atoms with van der Waals surface area (Å²) in [6.07, 6.45) is 4.38. The largest absolute Gasteiger partial charge is 0.348 e. The molecule has 0 aliphatic heterocycles. The lowest BCUT2D eigenvalue weighted by Gasteiger charge is -2.23. The molecule has 1 amide bonds. The molecule has 1 atom stereocenters. The summed E-state index contributed by atoms with van der Waals surface area (Å²) in [5.74, 6) is 0.644. The van der Waals surface area contributed by atoms with Gasteiger partial charge in [0.05, 0.1) is 11.8 Å². The van der Waals surface area contributed by atoms with Crippen LogP contribution in [-0.4, -0.2) is 21.6 Å². The predicted octanol–water partition coefficient (Wildman–Crippen LogP) is 3.64. The fourth-order valence-corrected chi connectivity index (χ4v) is 2.92. The van der Waals surface area contributed by atoms with Gasteiger partial charge in [0.25, 0.3) is 0 Å². The summed E-state index contributed by atoms with van der Waals surface area (Å²) in [6, 6.07) is 10.3. The van der Waals surface area contributed by atoms with Gasteiger partial charge in [0.1, 0.15) is 0 Å². The zero-order chi connectivity index (χ0) is 16.7.